The van der Waals surface area contributed by atoms with Gasteiger partial charge in [0.1, 0.15) is 13.1 Å². The highest BCUT2D eigenvalue weighted by atomic mass is 16.5. The highest BCUT2D eigenvalue weighted by Crippen LogP contribution is 2.36. The summed E-state index contributed by atoms with van der Waals surface area (Å²) >= 11 is 0. The van der Waals surface area contributed by atoms with Gasteiger partial charge in [0.05, 0.1) is 18.0 Å². The molecule has 0 aromatic heterocycles. The molecular weight excluding hydrogens is 344 g/mol. The summed E-state index contributed by atoms with van der Waals surface area (Å²) < 4.78 is 5.00. The number of anilines is 2. The summed E-state index contributed by atoms with van der Waals surface area (Å²) in [6.45, 7) is 7.88. The molecule has 0 atom stereocenters. The molecule has 0 fully saturated rings. The third kappa shape index (κ3) is 5.08. The molecule has 1 aliphatic heterocycles. The summed E-state index contributed by atoms with van der Waals surface area (Å²) in [5, 5.41) is 0. The van der Waals surface area contributed by atoms with Gasteiger partial charge >= 0.3 is 5.97 Å². The molecule has 1 aromatic rings. The summed E-state index contributed by atoms with van der Waals surface area (Å²) in [6, 6.07) is 3.80. The Hall–Kier alpha value is -2.37. The number of carbonyl (C=O) groups excluding carboxylic acids is 3. The van der Waals surface area contributed by atoms with Gasteiger partial charge in [0, 0.05) is 6.42 Å². The fraction of sp³-hybridized carbons (Fsp3) is 0.571. The smallest absolute Gasteiger partial charge is 0.326 e. The molecule has 2 amide bonds. The largest absolute Gasteiger partial charge is 0.465 e. The van der Waals surface area contributed by atoms with E-state index in [0.717, 1.165) is 36.8 Å². The van der Waals surface area contributed by atoms with Gasteiger partial charge in [0.25, 0.3) is 0 Å². The molecule has 6 heteroatoms. The second-order valence-corrected chi connectivity index (χ2v) is 7.00. The van der Waals surface area contributed by atoms with Crippen molar-refractivity contribution in [3.63, 3.8) is 0 Å². The van der Waals surface area contributed by atoms with Crippen LogP contribution in [-0.4, -0.2) is 37.5 Å². The second-order valence-electron chi connectivity index (χ2n) is 7.00. The van der Waals surface area contributed by atoms with Gasteiger partial charge in [-0.15, -0.1) is 0 Å². The highest BCUT2D eigenvalue weighted by molar-refractivity contribution is 6.12. The van der Waals surface area contributed by atoms with Crippen LogP contribution < -0.4 is 9.80 Å². The van der Waals surface area contributed by atoms with E-state index >= 15 is 0 Å². The highest BCUT2D eigenvalue weighted by Gasteiger charge is 2.34. The third-order valence-electron chi connectivity index (χ3n) is 4.90. The van der Waals surface area contributed by atoms with Crippen LogP contribution in [0.25, 0.3) is 0 Å². The molecule has 148 valence electrons. The summed E-state index contributed by atoms with van der Waals surface area (Å²) in [5.41, 5.74) is 3.35. The Balaban J connectivity index is 2.29. The van der Waals surface area contributed by atoms with Crippen molar-refractivity contribution in [1.29, 1.82) is 0 Å². The number of amides is 2. The zero-order chi connectivity index (χ0) is 20.0. The number of carbonyl (C=O) groups is 3. The van der Waals surface area contributed by atoms with E-state index in [1.54, 1.807) is 11.8 Å². The Morgan fingerprint density at radius 2 is 1.70 bits per heavy atom. The van der Waals surface area contributed by atoms with Crippen molar-refractivity contribution in [3.05, 3.63) is 23.3 Å². The second kappa shape index (κ2) is 9.53. The van der Waals surface area contributed by atoms with Crippen LogP contribution in [0.4, 0.5) is 11.4 Å². The molecule has 1 aliphatic rings. The lowest BCUT2D eigenvalue weighted by molar-refractivity contribution is -0.142. The maximum atomic E-state index is 12.8. The summed E-state index contributed by atoms with van der Waals surface area (Å²) in [7, 11) is 0. The van der Waals surface area contributed by atoms with Crippen LogP contribution in [-0.2, 0) is 19.1 Å². The Morgan fingerprint density at radius 3 is 2.33 bits per heavy atom. The first-order chi connectivity index (χ1) is 12.9. The number of ether oxygens (including phenoxy) is 1. The normalized spacial score (nSPS) is 13.6. The zero-order valence-corrected chi connectivity index (χ0v) is 16.8. The first-order valence-electron chi connectivity index (χ1n) is 9.76. The number of nitrogens with zero attached hydrogens (tertiary/aromatic N) is 2. The van der Waals surface area contributed by atoms with E-state index in [2.05, 4.69) is 6.92 Å². The Bertz CT molecular complexity index is 714. The van der Waals surface area contributed by atoms with E-state index in [1.165, 1.54) is 4.90 Å². The zero-order valence-electron chi connectivity index (χ0n) is 16.8. The Kier molecular flexibility index (Phi) is 7.39. The van der Waals surface area contributed by atoms with Gasteiger partial charge in [-0.25, -0.2) is 0 Å². The van der Waals surface area contributed by atoms with E-state index in [1.807, 2.05) is 26.0 Å². The number of benzene rings is 1. The van der Waals surface area contributed by atoms with E-state index in [0.29, 0.717) is 17.8 Å². The van der Waals surface area contributed by atoms with Gasteiger partial charge in [-0.1, -0.05) is 26.2 Å². The van der Waals surface area contributed by atoms with Gasteiger partial charge in [-0.05, 0) is 50.5 Å². The van der Waals surface area contributed by atoms with Crippen molar-refractivity contribution in [2.75, 3.05) is 29.5 Å². The fourth-order valence-electron chi connectivity index (χ4n) is 3.23. The van der Waals surface area contributed by atoms with Gasteiger partial charge in [0.15, 0.2) is 0 Å². The molecule has 1 aromatic carbocycles. The Labute approximate surface area is 161 Å². The molecule has 0 N–H and O–H groups in total. The molecule has 0 bridgehead atoms. The maximum absolute atomic E-state index is 12.8. The number of fused-ring (bicyclic) bond motifs is 1. The minimum absolute atomic E-state index is 0.0402. The molecule has 0 saturated carbocycles. The molecular formula is C21H30N2O4. The van der Waals surface area contributed by atoms with E-state index in [4.69, 9.17) is 4.74 Å². The molecule has 2 rings (SSSR count). The summed E-state index contributed by atoms with van der Waals surface area (Å²) in [5.74, 6) is -0.755. The molecule has 27 heavy (non-hydrogen) atoms. The van der Waals surface area contributed by atoms with E-state index in [9.17, 15) is 14.4 Å². The van der Waals surface area contributed by atoms with Crippen LogP contribution in [0, 0.1) is 13.8 Å². The average Bonchev–Trinajstić information content (AvgIpc) is 2.62. The predicted molar refractivity (Wildman–Crippen MR) is 106 cm³/mol. The van der Waals surface area contributed by atoms with Crippen LogP contribution in [0.3, 0.4) is 0 Å². The van der Waals surface area contributed by atoms with Crippen LogP contribution in [0.2, 0.25) is 0 Å². The Morgan fingerprint density at radius 1 is 1.04 bits per heavy atom. The average molecular weight is 374 g/mol. The summed E-state index contributed by atoms with van der Waals surface area (Å²) in [4.78, 5) is 40.4. The van der Waals surface area contributed by atoms with Gasteiger partial charge in [-0.3, -0.25) is 19.3 Å². The van der Waals surface area contributed by atoms with Crippen molar-refractivity contribution in [2.45, 2.75) is 59.8 Å². The monoisotopic (exact) mass is 374 g/mol. The van der Waals surface area contributed by atoms with E-state index in [-0.39, 0.29) is 31.5 Å². The van der Waals surface area contributed by atoms with Crippen LogP contribution in [0.15, 0.2) is 12.1 Å². The number of unbranched alkanes of at least 4 members (excludes halogenated alkanes) is 3. The third-order valence-corrected chi connectivity index (χ3v) is 4.90. The van der Waals surface area contributed by atoms with Gasteiger partial charge < -0.3 is 9.64 Å². The lowest BCUT2D eigenvalue weighted by Crippen LogP contribution is -2.50. The molecule has 0 saturated heterocycles. The fourth-order valence-corrected chi connectivity index (χ4v) is 3.23. The number of aryl methyl sites for hydroxylation is 2. The molecule has 0 unspecified atom stereocenters. The summed E-state index contributed by atoms with van der Waals surface area (Å²) in [6.07, 6.45) is 4.48. The predicted octanol–water partition coefficient (Wildman–Crippen LogP) is 3.52. The molecule has 1 heterocycles. The lowest BCUT2D eigenvalue weighted by atomic mass is 10.0. The standard InChI is InChI=1S/C21H30N2O4/c1-5-7-8-9-10-19(24)22-13-20(25)23(14-21(26)27-6-2)18-12-16(4)15(3)11-17(18)22/h11-12H,5-10,13-14H2,1-4H3. The molecule has 0 aliphatic carbocycles. The topological polar surface area (TPSA) is 66.9 Å². The minimum atomic E-state index is -0.450. The van der Waals surface area contributed by atoms with Crippen LogP contribution >= 0.6 is 0 Å². The van der Waals surface area contributed by atoms with Crippen molar-refractivity contribution >= 4 is 29.2 Å². The van der Waals surface area contributed by atoms with Crippen molar-refractivity contribution in [1.82, 2.24) is 0 Å². The van der Waals surface area contributed by atoms with E-state index < -0.39 is 5.97 Å². The quantitative estimate of drug-likeness (QED) is 0.516. The van der Waals surface area contributed by atoms with Crippen LogP contribution in [0.5, 0.6) is 0 Å². The van der Waals surface area contributed by atoms with Gasteiger partial charge in [0.2, 0.25) is 11.8 Å². The molecule has 0 radical (unpaired) electrons. The van der Waals surface area contributed by atoms with Crippen LogP contribution in [0.1, 0.15) is 57.1 Å². The number of hydrogen-bond donors (Lipinski definition) is 0. The SMILES string of the molecule is CCCCCCC(=O)N1CC(=O)N(CC(=O)OCC)c2cc(C)c(C)cc21. The molecule has 0 spiro atoms. The van der Waals surface area contributed by atoms with Crippen molar-refractivity contribution in [3.8, 4) is 0 Å². The first kappa shape index (κ1) is 20.9. The molecule has 6 nitrogen and oxygen atoms in total. The van der Waals surface area contributed by atoms with Crippen molar-refractivity contribution < 1.29 is 19.1 Å². The van der Waals surface area contributed by atoms with Gasteiger partial charge in [-0.2, -0.15) is 0 Å². The lowest BCUT2D eigenvalue weighted by Gasteiger charge is -2.36. The minimum Gasteiger partial charge on any atom is -0.465 e. The number of esters is 1. The number of hydrogen-bond acceptors (Lipinski definition) is 4. The van der Waals surface area contributed by atoms with Crippen molar-refractivity contribution in [2.24, 2.45) is 0 Å². The maximum Gasteiger partial charge on any atom is 0.326 e. The number of rotatable bonds is 8. The first-order valence-corrected chi connectivity index (χ1v) is 9.76.